The van der Waals surface area contributed by atoms with Crippen molar-refractivity contribution >= 4 is 73.3 Å². The number of sulfonamides is 1. The van der Waals surface area contributed by atoms with Gasteiger partial charge in [-0.2, -0.15) is 0 Å². The van der Waals surface area contributed by atoms with Crippen LogP contribution in [0.2, 0.25) is 10.0 Å². The molecule has 0 saturated heterocycles. The highest BCUT2D eigenvalue weighted by Gasteiger charge is 2.33. The Labute approximate surface area is 265 Å². The van der Waals surface area contributed by atoms with E-state index in [2.05, 4.69) is 27.9 Å². The maximum Gasteiger partial charge on any atom is 0.264 e. The van der Waals surface area contributed by atoms with Gasteiger partial charge in [-0.1, -0.05) is 66.7 Å². The van der Waals surface area contributed by atoms with Crippen LogP contribution in [0.25, 0.3) is 0 Å². The fraction of sp³-hybridized carbons (Fsp3) is 0.333. The minimum absolute atomic E-state index is 0.00000171. The third-order valence-electron chi connectivity index (χ3n) is 7.20. The van der Waals surface area contributed by atoms with Gasteiger partial charge in [0.1, 0.15) is 12.6 Å². The van der Waals surface area contributed by atoms with Gasteiger partial charge >= 0.3 is 0 Å². The van der Waals surface area contributed by atoms with Gasteiger partial charge in [-0.15, -0.1) is 0 Å². The summed E-state index contributed by atoms with van der Waals surface area (Å²) in [5.41, 5.74) is 0.930. The molecule has 1 aliphatic carbocycles. The van der Waals surface area contributed by atoms with Crippen LogP contribution in [-0.4, -0.2) is 43.8 Å². The Bertz CT molecular complexity index is 1470. The number of nitrogens with one attached hydrogen (secondary N) is 1. The van der Waals surface area contributed by atoms with Crippen molar-refractivity contribution in [3.8, 4) is 0 Å². The SMILES string of the molecule is C[C@@H](C(=O)NC1CCCCC1)N(Cc1ccc(Cl)cc1Cl)C(=O)CN(c1ccc(I)cc1)S(=O)(=O)c1ccccc1. The predicted molar refractivity (Wildman–Crippen MR) is 172 cm³/mol. The Morgan fingerprint density at radius 2 is 1.63 bits per heavy atom. The Morgan fingerprint density at radius 1 is 0.976 bits per heavy atom. The zero-order valence-electron chi connectivity index (χ0n) is 22.6. The normalized spacial score (nSPS) is 14.7. The summed E-state index contributed by atoms with van der Waals surface area (Å²) in [5.74, 6) is -0.831. The van der Waals surface area contributed by atoms with Crippen molar-refractivity contribution in [3.05, 3.63) is 92.0 Å². The van der Waals surface area contributed by atoms with Gasteiger partial charge in [0, 0.05) is 26.2 Å². The lowest BCUT2D eigenvalue weighted by Crippen LogP contribution is -2.53. The first-order valence-corrected chi connectivity index (χ1v) is 16.7. The molecule has 41 heavy (non-hydrogen) atoms. The predicted octanol–water partition coefficient (Wildman–Crippen LogP) is 6.66. The van der Waals surface area contributed by atoms with Gasteiger partial charge in [0.05, 0.1) is 10.6 Å². The lowest BCUT2D eigenvalue weighted by Gasteiger charge is -2.33. The van der Waals surface area contributed by atoms with Gasteiger partial charge in [-0.05, 0) is 96.5 Å². The molecule has 0 bridgehead atoms. The average molecular weight is 728 g/mol. The molecule has 11 heteroatoms. The fourth-order valence-corrected chi connectivity index (χ4v) is 7.10. The second-order valence-corrected chi connectivity index (χ2v) is 14.0. The van der Waals surface area contributed by atoms with E-state index in [9.17, 15) is 18.0 Å². The number of benzene rings is 3. The summed E-state index contributed by atoms with van der Waals surface area (Å²) in [6, 6.07) is 19.0. The van der Waals surface area contributed by atoms with E-state index >= 15 is 0 Å². The van der Waals surface area contributed by atoms with Crippen LogP contribution in [0.1, 0.15) is 44.6 Å². The van der Waals surface area contributed by atoms with Crippen LogP contribution in [0.3, 0.4) is 0 Å². The standard InChI is InChI=1S/C30H32Cl2IN3O4S/c1-21(30(38)34-25-8-4-2-5-9-25)35(19-22-12-13-23(31)18-28(22)32)29(37)20-36(26-16-14-24(33)15-17-26)41(39,40)27-10-6-3-7-11-27/h3,6-7,10-18,21,25H,2,4-5,8-9,19-20H2,1H3,(H,34,38)/t21-/m0/s1. The molecule has 1 N–H and O–H groups in total. The molecule has 1 aliphatic rings. The van der Waals surface area contributed by atoms with Crippen LogP contribution < -0.4 is 9.62 Å². The molecule has 1 atom stereocenters. The van der Waals surface area contributed by atoms with Gasteiger partial charge in [0.25, 0.3) is 10.0 Å². The Balaban J connectivity index is 1.68. The minimum atomic E-state index is -4.11. The molecule has 218 valence electrons. The van der Waals surface area contributed by atoms with Crippen molar-refractivity contribution < 1.29 is 18.0 Å². The van der Waals surface area contributed by atoms with E-state index in [4.69, 9.17) is 23.2 Å². The van der Waals surface area contributed by atoms with Gasteiger partial charge in [0.15, 0.2) is 0 Å². The monoisotopic (exact) mass is 727 g/mol. The summed E-state index contributed by atoms with van der Waals surface area (Å²) in [7, 11) is -4.11. The second kappa shape index (κ2) is 14.2. The van der Waals surface area contributed by atoms with Gasteiger partial charge in [0.2, 0.25) is 11.8 Å². The van der Waals surface area contributed by atoms with Crippen LogP contribution in [0.4, 0.5) is 5.69 Å². The zero-order chi connectivity index (χ0) is 29.6. The van der Waals surface area contributed by atoms with Gasteiger partial charge in [-0.25, -0.2) is 8.42 Å². The third kappa shape index (κ3) is 8.15. The molecule has 7 nitrogen and oxygen atoms in total. The first kappa shape index (κ1) is 31.6. The smallest absolute Gasteiger partial charge is 0.264 e. The van der Waals surface area contributed by atoms with Crippen molar-refractivity contribution in [3.63, 3.8) is 0 Å². The highest BCUT2D eigenvalue weighted by Crippen LogP contribution is 2.27. The topological polar surface area (TPSA) is 86.8 Å². The van der Waals surface area contributed by atoms with E-state index in [0.717, 1.165) is 40.0 Å². The Kier molecular flexibility index (Phi) is 11.0. The lowest BCUT2D eigenvalue weighted by atomic mass is 9.95. The minimum Gasteiger partial charge on any atom is -0.352 e. The molecule has 0 unspecified atom stereocenters. The quantitative estimate of drug-likeness (QED) is 0.237. The molecule has 2 amide bonds. The molecule has 4 rings (SSSR count). The maximum atomic E-state index is 14.1. The Hall–Kier alpha value is -2.34. The number of hydrogen-bond donors (Lipinski definition) is 1. The first-order chi connectivity index (χ1) is 19.6. The number of rotatable bonds is 10. The summed E-state index contributed by atoms with van der Waals surface area (Å²) in [5, 5.41) is 3.88. The van der Waals surface area contributed by atoms with Crippen molar-refractivity contribution in [1.82, 2.24) is 10.2 Å². The first-order valence-electron chi connectivity index (χ1n) is 13.4. The lowest BCUT2D eigenvalue weighted by molar-refractivity contribution is -0.139. The van der Waals surface area contributed by atoms with Crippen molar-refractivity contribution in [2.75, 3.05) is 10.8 Å². The number of nitrogens with zero attached hydrogens (tertiary/aromatic N) is 2. The molecule has 0 spiro atoms. The number of hydrogen-bond acceptors (Lipinski definition) is 4. The van der Waals surface area contributed by atoms with Crippen LogP contribution in [-0.2, 0) is 26.2 Å². The molecular weight excluding hydrogens is 696 g/mol. The van der Waals surface area contributed by atoms with E-state index in [1.165, 1.54) is 17.0 Å². The highest BCUT2D eigenvalue weighted by atomic mass is 127. The molecule has 3 aromatic rings. The molecule has 3 aromatic carbocycles. The molecule has 0 heterocycles. The van der Waals surface area contributed by atoms with E-state index in [0.29, 0.717) is 21.3 Å². The Morgan fingerprint density at radius 3 is 2.27 bits per heavy atom. The molecule has 1 fully saturated rings. The van der Waals surface area contributed by atoms with Crippen LogP contribution >= 0.6 is 45.8 Å². The summed E-state index contributed by atoms with van der Waals surface area (Å²) in [6.07, 6.45) is 5.03. The van der Waals surface area contributed by atoms with E-state index in [-0.39, 0.29) is 23.4 Å². The number of halogens is 3. The van der Waals surface area contributed by atoms with E-state index in [1.54, 1.807) is 67.6 Å². The maximum absolute atomic E-state index is 14.1. The zero-order valence-corrected chi connectivity index (χ0v) is 27.1. The summed E-state index contributed by atoms with van der Waals surface area (Å²) < 4.78 is 29.7. The molecular formula is C30H32Cl2IN3O4S. The highest BCUT2D eigenvalue weighted by molar-refractivity contribution is 14.1. The van der Waals surface area contributed by atoms with Crippen LogP contribution in [0.5, 0.6) is 0 Å². The van der Waals surface area contributed by atoms with Crippen LogP contribution in [0.15, 0.2) is 77.7 Å². The number of anilines is 1. The summed E-state index contributed by atoms with van der Waals surface area (Å²) >= 11 is 14.7. The summed E-state index contributed by atoms with van der Waals surface area (Å²) in [4.78, 5) is 28.9. The van der Waals surface area contributed by atoms with E-state index < -0.39 is 28.5 Å². The third-order valence-corrected chi connectivity index (χ3v) is 10.3. The van der Waals surface area contributed by atoms with Gasteiger partial charge < -0.3 is 10.2 Å². The molecule has 0 aromatic heterocycles. The van der Waals surface area contributed by atoms with Gasteiger partial charge in [-0.3, -0.25) is 13.9 Å². The number of amides is 2. The number of carbonyl (C=O) groups is 2. The average Bonchev–Trinajstić information content (AvgIpc) is 2.96. The van der Waals surface area contributed by atoms with Crippen molar-refractivity contribution in [1.29, 1.82) is 0 Å². The van der Waals surface area contributed by atoms with Crippen molar-refractivity contribution in [2.24, 2.45) is 0 Å². The largest absolute Gasteiger partial charge is 0.352 e. The molecule has 0 radical (unpaired) electrons. The molecule has 1 saturated carbocycles. The van der Waals surface area contributed by atoms with Crippen LogP contribution in [0, 0.1) is 3.57 Å². The second-order valence-electron chi connectivity index (χ2n) is 10.1. The number of carbonyl (C=O) groups excluding carboxylic acids is 2. The van der Waals surface area contributed by atoms with Crippen molar-refractivity contribution in [2.45, 2.75) is 62.6 Å². The van der Waals surface area contributed by atoms with E-state index in [1.807, 2.05) is 0 Å². The summed E-state index contributed by atoms with van der Waals surface area (Å²) in [6.45, 7) is 1.14. The molecule has 0 aliphatic heterocycles. The fourth-order valence-electron chi connectivity index (χ4n) is 4.84.